The van der Waals surface area contributed by atoms with E-state index < -0.39 is 5.60 Å². The Balaban J connectivity index is 2.24. The number of carbonyl (C=O) groups excluding carboxylic acids is 1. The van der Waals surface area contributed by atoms with E-state index in [9.17, 15) is 4.79 Å². The van der Waals surface area contributed by atoms with Gasteiger partial charge in [0.05, 0.1) is 12.2 Å². The molecule has 0 bridgehead atoms. The van der Waals surface area contributed by atoms with Gasteiger partial charge in [-0.1, -0.05) is 32.6 Å². The summed E-state index contributed by atoms with van der Waals surface area (Å²) in [5, 5.41) is 0. The minimum atomic E-state index is -0.497. The van der Waals surface area contributed by atoms with Crippen LogP contribution in [0.2, 0.25) is 0 Å². The topological polar surface area (TPSA) is 38.8 Å². The highest BCUT2D eigenvalue weighted by Crippen LogP contribution is 2.48. The van der Waals surface area contributed by atoms with Crippen molar-refractivity contribution < 1.29 is 14.3 Å². The molecule has 0 amide bonds. The molecule has 0 radical (unpaired) electrons. The van der Waals surface area contributed by atoms with Crippen LogP contribution in [0.15, 0.2) is 24.3 Å². The molecule has 3 heteroatoms. The van der Waals surface area contributed by atoms with Crippen LogP contribution < -0.4 is 0 Å². The van der Waals surface area contributed by atoms with E-state index in [1.54, 1.807) is 0 Å². The molecular weight excluding hydrogens is 312 g/mol. The van der Waals surface area contributed by atoms with Crippen LogP contribution in [0.3, 0.4) is 0 Å². The molecule has 2 aliphatic rings. The Kier molecular flexibility index (Phi) is 6.19. The average Bonchev–Trinajstić information content (AvgIpc) is 3.23. The third-order valence-corrected chi connectivity index (χ3v) is 5.48. The molecule has 4 atom stereocenters. The largest absolute Gasteiger partial charge is 0.457 e. The van der Waals surface area contributed by atoms with Crippen molar-refractivity contribution in [2.24, 2.45) is 23.7 Å². The van der Waals surface area contributed by atoms with Crippen molar-refractivity contribution in [2.75, 3.05) is 6.61 Å². The maximum Gasteiger partial charge on any atom is 0.334 e. The first-order valence-electron chi connectivity index (χ1n) is 9.76. The zero-order chi connectivity index (χ0) is 18.8. The van der Waals surface area contributed by atoms with Crippen LogP contribution in [0.4, 0.5) is 0 Å². The van der Waals surface area contributed by atoms with Crippen LogP contribution >= 0.6 is 0 Å². The lowest BCUT2D eigenvalue weighted by atomic mass is 9.68. The van der Waals surface area contributed by atoms with Crippen molar-refractivity contribution in [2.45, 2.75) is 78.4 Å². The lowest BCUT2D eigenvalue weighted by Gasteiger charge is -2.36. The number of epoxide rings is 1. The molecule has 0 aromatic heterocycles. The lowest BCUT2D eigenvalue weighted by Crippen LogP contribution is -2.38. The maximum absolute atomic E-state index is 12.7. The molecule has 0 aromatic carbocycles. The quantitative estimate of drug-likeness (QED) is 0.271. The predicted molar refractivity (Wildman–Crippen MR) is 102 cm³/mol. The molecule has 1 saturated heterocycles. The van der Waals surface area contributed by atoms with Crippen LogP contribution in [0, 0.1) is 23.7 Å². The average molecular weight is 349 g/mol. The molecule has 142 valence electrons. The number of carbonyl (C=O) groups is 1. The Morgan fingerprint density at radius 3 is 2.48 bits per heavy atom. The fourth-order valence-corrected chi connectivity index (χ4v) is 4.31. The molecule has 0 spiro atoms. The zero-order valence-corrected chi connectivity index (χ0v) is 16.9. The fraction of sp³-hybridized carbons (Fsp3) is 0.773. The second-order valence-electron chi connectivity index (χ2n) is 9.36. The highest BCUT2D eigenvalue weighted by atomic mass is 16.6. The van der Waals surface area contributed by atoms with Gasteiger partial charge in [-0.3, -0.25) is 0 Å². The first-order valence-corrected chi connectivity index (χ1v) is 9.76. The second kappa shape index (κ2) is 7.65. The molecule has 1 aliphatic carbocycles. The smallest absolute Gasteiger partial charge is 0.334 e. The highest BCUT2D eigenvalue weighted by Gasteiger charge is 2.52. The van der Waals surface area contributed by atoms with E-state index >= 15 is 0 Å². The summed E-state index contributed by atoms with van der Waals surface area (Å²) in [6.07, 6.45) is 9.15. The van der Waals surface area contributed by atoms with Crippen molar-refractivity contribution in [1.82, 2.24) is 0 Å². The Morgan fingerprint density at radius 1 is 1.40 bits per heavy atom. The maximum atomic E-state index is 12.7. The van der Waals surface area contributed by atoms with E-state index in [1.165, 1.54) is 19.3 Å². The second-order valence-corrected chi connectivity index (χ2v) is 9.36. The van der Waals surface area contributed by atoms with E-state index in [-0.39, 0.29) is 23.4 Å². The Labute approximate surface area is 153 Å². The highest BCUT2D eigenvalue weighted by molar-refractivity contribution is 5.88. The van der Waals surface area contributed by atoms with Crippen LogP contribution in [-0.4, -0.2) is 23.8 Å². The monoisotopic (exact) mass is 348 g/mol. The predicted octanol–water partition coefficient (Wildman–Crippen LogP) is 5.31. The van der Waals surface area contributed by atoms with Crippen molar-refractivity contribution >= 4 is 5.97 Å². The number of allylic oxidation sites excluding steroid dienone is 2. The summed E-state index contributed by atoms with van der Waals surface area (Å²) >= 11 is 0. The fourth-order valence-electron chi connectivity index (χ4n) is 4.31. The van der Waals surface area contributed by atoms with E-state index in [0.29, 0.717) is 17.4 Å². The summed E-state index contributed by atoms with van der Waals surface area (Å²) in [4.78, 5) is 12.7. The van der Waals surface area contributed by atoms with Gasteiger partial charge in [0.15, 0.2) is 0 Å². The summed E-state index contributed by atoms with van der Waals surface area (Å²) < 4.78 is 11.4. The summed E-state index contributed by atoms with van der Waals surface area (Å²) in [5.74, 6) is 1.05. The molecule has 0 N–H and O–H groups in total. The van der Waals surface area contributed by atoms with Gasteiger partial charge in [0.2, 0.25) is 0 Å². The van der Waals surface area contributed by atoms with Gasteiger partial charge in [-0.25, -0.2) is 4.79 Å². The zero-order valence-electron chi connectivity index (χ0n) is 16.9. The Morgan fingerprint density at radius 2 is 2.04 bits per heavy atom. The first-order chi connectivity index (χ1) is 11.5. The van der Waals surface area contributed by atoms with E-state index in [4.69, 9.17) is 9.47 Å². The Hall–Kier alpha value is -1.09. The number of hydrogen-bond donors (Lipinski definition) is 0. The van der Waals surface area contributed by atoms with Gasteiger partial charge >= 0.3 is 5.97 Å². The third-order valence-electron chi connectivity index (χ3n) is 5.48. The molecule has 1 heterocycles. The molecule has 0 saturated carbocycles. The number of esters is 1. The van der Waals surface area contributed by atoms with Crippen molar-refractivity contribution in [3.05, 3.63) is 24.3 Å². The number of ether oxygens (including phenoxy) is 2. The SMILES string of the molecule is C=C(C(=O)OC(C)(C)C)[C@@H](CC1C=CCCC1)C(C(C)C)[C@@]1(C)CO1. The molecule has 2 rings (SSSR count). The minimum Gasteiger partial charge on any atom is -0.457 e. The van der Waals surface area contributed by atoms with Crippen LogP contribution in [0.1, 0.15) is 67.2 Å². The van der Waals surface area contributed by atoms with Gasteiger partial charge in [-0.05, 0) is 77.0 Å². The van der Waals surface area contributed by atoms with Gasteiger partial charge < -0.3 is 9.47 Å². The minimum absolute atomic E-state index is 0.0927. The number of rotatable bonds is 7. The molecule has 25 heavy (non-hydrogen) atoms. The van der Waals surface area contributed by atoms with Crippen molar-refractivity contribution in [1.29, 1.82) is 0 Å². The third kappa shape index (κ3) is 5.44. The van der Waals surface area contributed by atoms with Gasteiger partial charge in [0.25, 0.3) is 0 Å². The van der Waals surface area contributed by atoms with E-state index in [2.05, 4.69) is 39.5 Å². The van der Waals surface area contributed by atoms with Gasteiger partial charge in [-0.2, -0.15) is 0 Å². The summed E-state index contributed by atoms with van der Waals surface area (Å²) in [5.41, 5.74) is -0.0190. The summed E-state index contributed by atoms with van der Waals surface area (Å²) in [6, 6.07) is 0. The van der Waals surface area contributed by atoms with Gasteiger partial charge in [0, 0.05) is 5.57 Å². The van der Waals surface area contributed by atoms with Gasteiger partial charge in [-0.15, -0.1) is 0 Å². The molecular formula is C22H36O3. The first kappa shape index (κ1) is 20.2. The number of hydrogen-bond acceptors (Lipinski definition) is 3. The lowest BCUT2D eigenvalue weighted by molar-refractivity contribution is -0.151. The molecule has 1 aliphatic heterocycles. The summed E-state index contributed by atoms with van der Waals surface area (Å²) in [6.45, 7) is 17.3. The molecule has 1 fully saturated rings. The van der Waals surface area contributed by atoms with E-state index in [1.807, 2.05) is 20.8 Å². The molecule has 3 nitrogen and oxygen atoms in total. The molecule has 0 aromatic rings. The van der Waals surface area contributed by atoms with Crippen molar-refractivity contribution in [3.63, 3.8) is 0 Å². The standard InChI is InChI=1S/C22H36O3/c1-15(2)19(22(7)14-24-22)18(13-17-11-9-8-10-12-17)16(3)20(23)25-21(4,5)6/h9,11,15,17-19H,3,8,10,12-14H2,1-2,4-7H3/t17?,18-,19?,22-/m1/s1. The van der Waals surface area contributed by atoms with Crippen LogP contribution in [0.5, 0.6) is 0 Å². The Bertz CT molecular complexity index is 520. The van der Waals surface area contributed by atoms with E-state index in [0.717, 1.165) is 13.0 Å². The van der Waals surface area contributed by atoms with Gasteiger partial charge in [0.1, 0.15) is 5.60 Å². The normalized spacial score (nSPS) is 28.5. The van der Waals surface area contributed by atoms with Crippen LogP contribution in [0.25, 0.3) is 0 Å². The van der Waals surface area contributed by atoms with Crippen molar-refractivity contribution in [3.8, 4) is 0 Å². The van der Waals surface area contributed by atoms with Crippen LogP contribution in [-0.2, 0) is 14.3 Å². The summed E-state index contributed by atoms with van der Waals surface area (Å²) in [7, 11) is 0. The molecule has 2 unspecified atom stereocenters.